The van der Waals surface area contributed by atoms with Gasteiger partial charge in [0.1, 0.15) is 0 Å². The van der Waals surface area contributed by atoms with Gasteiger partial charge < -0.3 is 10.1 Å². The molecule has 2 rings (SSSR count). The molecule has 3 unspecified atom stereocenters. The van der Waals surface area contributed by atoms with Crippen molar-refractivity contribution in [2.24, 2.45) is 5.41 Å². The first kappa shape index (κ1) is 15.8. The topological polar surface area (TPSA) is 21.3 Å². The van der Waals surface area contributed by atoms with Crippen molar-refractivity contribution in [3.63, 3.8) is 0 Å². The van der Waals surface area contributed by atoms with Gasteiger partial charge in [0.05, 0.1) is 6.10 Å². The van der Waals surface area contributed by atoms with E-state index in [9.17, 15) is 0 Å². The lowest BCUT2D eigenvalue weighted by Crippen LogP contribution is -2.62. The highest BCUT2D eigenvalue weighted by Crippen LogP contribution is 2.46. The summed E-state index contributed by atoms with van der Waals surface area (Å²) in [6.45, 7) is 9.69. The number of hydrogen-bond donors (Lipinski definition) is 1. The van der Waals surface area contributed by atoms with E-state index >= 15 is 0 Å². The predicted molar refractivity (Wildman–Crippen MR) is 85.2 cm³/mol. The van der Waals surface area contributed by atoms with Crippen LogP contribution < -0.4 is 5.32 Å². The molecule has 1 aromatic rings. The smallest absolute Gasteiger partial charge is 0.0658 e. The van der Waals surface area contributed by atoms with Crippen LogP contribution in [0.5, 0.6) is 0 Å². The molecule has 1 aromatic carbocycles. The Balaban J connectivity index is 1.98. The third-order valence-corrected chi connectivity index (χ3v) is 5.18. The van der Waals surface area contributed by atoms with E-state index in [0.717, 1.165) is 24.5 Å². The molecule has 1 aliphatic rings. The Labute approximate surface area is 127 Å². The van der Waals surface area contributed by atoms with Gasteiger partial charge in [-0.2, -0.15) is 0 Å². The van der Waals surface area contributed by atoms with Crippen molar-refractivity contribution < 1.29 is 4.74 Å². The van der Waals surface area contributed by atoms with Gasteiger partial charge in [0.2, 0.25) is 0 Å². The Morgan fingerprint density at radius 2 is 2.00 bits per heavy atom. The van der Waals surface area contributed by atoms with Crippen molar-refractivity contribution in [1.82, 2.24) is 5.32 Å². The van der Waals surface area contributed by atoms with Crippen LogP contribution in [-0.4, -0.2) is 18.8 Å². The molecule has 0 saturated heterocycles. The predicted octanol–water partition coefficient (Wildman–Crippen LogP) is 4.58. The minimum atomic E-state index is 0.247. The molecular weight excluding hydrogens is 270 g/mol. The molecule has 0 spiro atoms. The molecule has 112 valence electrons. The molecule has 4 atom stereocenters. The SMILES string of the molecule is CCOC1CC(N[C@@H](C)c2ccc(Cl)cc2)C1(C)CC. The molecule has 1 N–H and O–H groups in total. The lowest BCUT2D eigenvalue weighted by Gasteiger charge is -2.54. The quantitative estimate of drug-likeness (QED) is 0.829. The molecule has 0 heterocycles. The van der Waals surface area contributed by atoms with Gasteiger partial charge in [-0.1, -0.05) is 37.6 Å². The van der Waals surface area contributed by atoms with Crippen LogP contribution in [0.25, 0.3) is 0 Å². The summed E-state index contributed by atoms with van der Waals surface area (Å²) in [6, 6.07) is 8.97. The molecule has 0 radical (unpaired) electrons. The van der Waals surface area contributed by atoms with Crippen LogP contribution in [0.2, 0.25) is 5.02 Å². The van der Waals surface area contributed by atoms with Gasteiger partial charge in [-0.15, -0.1) is 0 Å². The van der Waals surface area contributed by atoms with E-state index in [0.29, 0.717) is 18.2 Å². The maximum Gasteiger partial charge on any atom is 0.0658 e. The van der Waals surface area contributed by atoms with Crippen LogP contribution in [0.3, 0.4) is 0 Å². The molecule has 0 bridgehead atoms. The lowest BCUT2D eigenvalue weighted by atomic mass is 9.61. The molecule has 1 aliphatic carbocycles. The highest BCUT2D eigenvalue weighted by atomic mass is 35.5. The highest BCUT2D eigenvalue weighted by molar-refractivity contribution is 6.30. The van der Waals surface area contributed by atoms with Crippen molar-refractivity contribution >= 4 is 11.6 Å². The van der Waals surface area contributed by atoms with E-state index < -0.39 is 0 Å². The first-order chi connectivity index (χ1) is 9.51. The fourth-order valence-corrected chi connectivity index (χ4v) is 3.28. The summed E-state index contributed by atoms with van der Waals surface area (Å²) in [7, 11) is 0. The summed E-state index contributed by atoms with van der Waals surface area (Å²) in [6.07, 6.45) is 2.64. The fourth-order valence-electron chi connectivity index (χ4n) is 3.16. The van der Waals surface area contributed by atoms with Crippen molar-refractivity contribution in [3.05, 3.63) is 34.9 Å². The molecule has 0 aromatic heterocycles. The van der Waals surface area contributed by atoms with Crippen molar-refractivity contribution in [2.75, 3.05) is 6.61 Å². The lowest BCUT2D eigenvalue weighted by molar-refractivity contribution is -0.127. The van der Waals surface area contributed by atoms with E-state index in [1.165, 1.54) is 5.56 Å². The zero-order valence-corrected chi connectivity index (χ0v) is 13.7. The van der Waals surface area contributed by atoms with Crippen LogP contribution in [0, 0.1) is 5.41 Å². The zero-order chi connectivity index (χ0) is 14.8. The van der Waals surface area contributed by atoms with Gasteiger partial charge in [-0.05, 0) is 44.4 Å². The van der Waals surface area contributed by atoms with Crippen LogP contribution in [0.15, 0.2) is 24.3 Å². The van der Waals surface area contributed by atoms with Crippen molar-refractivity contribution in [3.8, 4) is 0 Å². The summed E-state index contributed by atoms with van der Waals surface area (Å²) < 4.78 is 5.86. The Morgan fingerprint density at radius 3 is 2.55 bits per heavy atom. The fraction of sp³-hybridized carbons (Fsp3) is 0.647. The molecule has 0 amide bonds. The van der Waals surface area contributed by atoms with Crippen molar-refractivity contribution in [1.29, 1.82) is 0 Å². The number of hydrogen-bond acceptors (Lipinski definition) is 2. The molecular formula is C17H26ClNO. The first-order valence-electron chi connectivity index (χ1n) is 7.64. The first-order valence-corrected chi connectivity index (χ1v) is 8.02. The summed E-state index contributed by atoms with van der Waals surface area (Å²) in [5.74, 6) is 0. The Kier molecular flexibility index (Phi) is 5.11. The molecule has 20 heavy (non-hydrogen) atoms. The largest absolute Gasteiger partial charge is 0.378 e. The third kappa shape index (κ3) is 3.03. The second-order valence-corrected chi connectivity index (χ2v) is 6.47. The normalized spacial score (nSPS) is 30.9. The van der Waals surface area contributed by atoms with Gasteiger partial charge >= 0.3 is 0 Å². The number of halogens is 1. The monoisotopic (exact) mass is 295 g/mol. The van der Waals surface area contributed by atoms with E-state index in [4.69, 9.17) is 16.3 Å². The van der Waals surface area contributed by atoms with Gasteiger partial charge in [0.25, 0.3) is 0 Å². The van der Waals surface area contributed by atoms with E-state index in [1.54, 1.807) is 0 Å². The van der Waals surface area contributed by atoms with Crippen LogP contribution in [0.4, 0.5) is 0 Å². The summed E-state index contributed by atoms with van der Waals surface area (Å²) in [5, 5.41) is 4.55. The summed E-state index contributed by atoms with van der Waals surface area (Å²) >= 11 is 5.95. The molecule has 2 nitrogen and oxygen atoms in total. The van der Waals surface area contributed by atoms with Gasteiger partial charge in [-0.3, -0.25) is 0 Å². The summed E-state index contributed by atoms with van der Waals surface area (Å²) in [5.41, 5.74) is 1.53. The van der Waals surface area contributed by atoms with Crippen LogP contribution >= 0.6 is 11.6 Å². The van der Waals surface area contributed by atoms with E-state index in [2.05, 4.69) is 45.1 Å². The van der Waals surface area contributed by atoms with Crippen molar-refractivity contribution in [2.45, 2.75) is 58.7 Å². The Bertz CT molecular complexity index is 433. The van der Waals surface area contributed by atoms with Gasteiger partial charge in [0.15, 0.2) is 0 Å². The molecule has 3 heteroatoms. The summed E-state index contributed by atoms with van der Waals surface area (Å²) in [4.78, 5) is 0. The average molecular weight is 296 g/mol. The highest BCUT2D eigenvalue weighted by Gasteiger charge is 2.51. The molecule has 1 fully saturated rings. The molecule has 1 saturated carbocycles. The number of nitrogens with one attached hydrogen (secondary N) is 1. The number of ether oxygens (including phenoxy) is 1. The minimum absolute atomic E-state index is 0.247. The number of rotatable bonds is 6. The van der Waals surface area contributed by atoms with Crippen LogP contribution in [0.1, 0.15) is 52.1 Å². The van der Waals surface area contributed by atoms with Gasteiger partial charge in [-0.25, -0.2) is 0 Å². The van der Waals surface area contributed by atoms with E-state index in [-0.39, 0.29) is 5.41 Å². The second-order valence-electron chi connectivity index (χ2n) is 6.03. The maximum atomic E-state index is 5.95. The number of benzene rings is 1. The average Bonchev–Trinajstić information content (AvgIpc) is 2.45. The second kappa shape index (κ2) is 6.46. The molecule has 0 aliphatic heterocycles. The third-order valence-electron chi connectivity index (χ3n) is 4.93. The minimum Gasteiger partial charge on any atom is -0.378 e. The maximum absolute atomic E-state index is 5.95. The van der Waals surface area contributed by atoms with Gasteiger partial charge in [0, 0.05) is 29.1 Å². The standard InChI is InChI=1S/C17H26ClNO/c1-5-17(4)15(11-16(17)20-6-2)19-12(3)13-7-9-14(18)10-8-13/h7-10,12,15-16,19H,5-6,11H2,1-4H3/t12-,15?,16?,17?/m0/s1. The Hall–Kier alpha value is -0.570. The Morgan fingerprint density at radius 1 is 1.35 bits per heavy atom. The van der Waals surface area contributed by atoms with Crippen LogP contribution in [-0.2, 0) is 4.74 Å². The zero-order valence-electron chi connectivity index (χ0n) is 12.9. The van der Waals surface area contributed by atoms with E-state index in [1.807, 2.05) is 12.1 Å².